The molecule has 0 spiro atoms. The molecule has 122 valence electrons. The number of hydrogen-bond acceptors (Lipinski definition) is 4. The Labute approximate surface area is 130 Å². The SMILES string of the molecule is CCN(CC)CCCN(CC)C(CN)c1cnn(C)c1C. The number of nitrogens with zero attached hydrogens (tertiary/aromatic N) is 4. The fourth-order valence-corrected chi connectivity index (χ4v) is 2.89. The van der Waals surface area contributed by atoms with Crippen molar-refractivity contribution in [3.8, 4) is 0 Å². The molecule has 21 heavy (non-hydrogen) atoms. The maximum Gasteiger partial charge on any atom is 0.0540 e. The Morgan fingerprint density at radius 1 is 1.19 bits per heavy atom. The average Bonchev–Trinajstić information content (AvgIpc) is 2.83. The molecule has 0 fully saturated rings. The van der Waals surface area contributed by atoms with Gasteiger partial charge in [-0.1, -0.05) is 20.8 Å². The molecule has 1 unspecified atom stereocenters. The van der Waals surface area contributed by atoms with Gasteiger partial charge in [0.1, 0.15) is 0 Å². The Morgan fingerprint density at radius 3 is 2.29 bits per heavy atom. The van der Waals surface area contributed by atoms with Crippen molar-refractivity contribution in [1.82, 2.24) is 19.6 Å². The van der Waals surface area contributed by atoms with E-state index in [4.69, 9.17) is 5.73 Å². The second-order valence-corrected chi connectivity index (χ2v) is 5.57. The predicted molar refractivity (Wildman–Crippen MR) is 89.4 cm³/mol. The van der Waals surface area contributed by atoms with E-state index in [1.165, 1.54) is 17.7 Å². The molecule has 1 aromatic heterocycles. The quantitative estimate of drug-likeness (QED) is 0.715. The van der Waals surface area contributed by atoms with Crippen LogP contribution in [0.4, 0.5) is 0 Å². The van der Waals surface area contributed by atoms with Gasteiger partial charge in [0.25, 0.3) is 0 Å². The predicted octanol–water partition coefficient (Wildman–Crippen LogP) is 1.78. The zero-order valence-corrected chi connectivity index (χ0v) is 14.5. The van der Waals surface area contributed by atoms with Gasteiger partial charge in [-0.25, -0.2) is 0 Å². The first-order chi connectivity index (χ1) is 10.1. The highest BCUT2D eigenvalue weighted by Crippen LogP contribution is 2.22. The van der Waals surface area contributed by atoms with E-state index >= 15 is 0 Å². The number of aromatic nitrogens is 2. The summed E-state index contributed by atoms with van der Waals surface area (Å²) in [5.74, 6) is 0. The highest BCUT2D eigenvalue weighted by Gasteiger charge is 2.21. The number of likely N-dealkylation sites (N-methyl/N-ethyl adjacent to an activating group) is 1. The van der Waals surface area contributed by atoms with E-state index in [1.54, 1.807) is 0 Å². The Kier molecular flexibility index (Phi) is 7.93. The van der Waals surface area contributed by atoms with Crippen LogP contribution in [-0.4, -0.2) is 58.8 Å². The lowest BCUT2D eigenvalue weighted by molar-refractivity contribution is 0.193. The van der Waals surface area contributed by atoms with Crippen molar-refractivity contribution in [2.75, 3.05) is 39.3 Å². The Hall–Kier alpha value is -0.910. The molecule has 0 saturated heterocycles. The summed E-state index contributed by atoms with van der Waals surface area (Å²) in [4.78, 5) is 4.95. The first-order valence-electron chi connectivity index (χ1n) is 8.23. The lowest BCUT2D eigenvalue weighted by Gasteiger charge is -2.30. The molecule has 1 atom stereocenters. The molecule has 0 aliphatic carbocycles. The minimum atomic E-state index is 0.278. The summed E-state index contributed by atoms with van der Waals surface area (Å²) in [6.07, 6.45) is 3.16. The zero-order chi connectivity index (χ0) is 15.8. The van der Waals surface area contributed by atoms with Crippen LogP contribution in [0.3, 0.4) is 0 Å². The molecule has 0 saturated carbocycles. The number of hydrogen-bond donors (Lipinski definition) is 1. The summed E-state index contributed by atoms with van der Waals surface area (Å²) in [7, 11) is 1.99. The maximum atomic E-state index is 6.05. The molecule has 1 aromatic rings. The number of rotatable bonds is 10. The van der Waals surface area contributed by atoms with Crippen LogP contribution >= 0.6 is 0 Å². The monoisotopic (exact) mass is 295 g/mol. The van der Waals surface area contributed by atoms with Crippen LogP contribution in [-0.2, 0) is 7.05 Å². The molecule has 0 radical (unpaired) electrons. The molecule has 1 heterocycles. The largest absolute Gasteiger partial charge is 0.329 e. The third-order valence-corrected chi connectivity index (χ3v) is 4.52. The Balaban J connectivity index is 2.66. The molecule has 1 rings (SSSR count). The van der Waals surface area contributed by atoms with Gasteiger partial charge >= 0.3 is 0 Å². The first-order valence-corrected chi connectivity index (χ1v) is 8.23. The van der Waals surface area contributed by atoms with Gasteiger partial charge in [0, 0.05) is 31.4 Å². The fourth-order valence-electron chi connectivity index (χ4n) is 2.89. The summed E-state index contributed by atoms with van der Waals surface area (Å²) in [6, 6.07) is 0.278. The van der Waals surface area contributed by atoms with Crippen molar-refractivity contribution in [3.05, 3.63) is 17.5 Å². The van der Waals surface area contributed by atoms with Crippen LogP contribution in [0.25, 0.3) is 0 Å². The first kappa shape index (κ1) is 18.1. The molecular formula is C16H33N5. The standard InChI is InChI=1S/C16H33N5/c1-6-20(7-2)10-9-11-21(8-3)16(12-17)15-13-18-19(5)14(15)4/h13,16H,6-12,17H2,1-5H3. The summed E-state index contributed by atoms with van der Waals surface area (Å²) in [5, 5.41) is 4.36. The molecule has 0 aromatic carbocycles. The van der Waals surface area contributed by atoms with E-state index in [9.17, 15) is 0 Å². The van der Waals surface area contributed by atoms with Gasteiger partial charge in [0.2, 0.25) is 0 Å². The maximum absolute atomic E-state index is 6.05. The van der Waals surface area contributed by atoms with Crippen molar-refractivity contribution < 1.29 is 0 Å². The van der Waals surface area contributed by atoms with Crippen molar-refractivity contribution in [3.63, 3.8) is 0 Å². The molecule has 0 amide bonds. The number of nitrogens with two attached hydrogens (primary N) is 1. The normalized spacial score (nSPS) is 13.3. The van der Waals surface area contributed by atoms with Gasteiger partial charge in [-0.3, -0.25) is 9.58 Å². The number of aryl methyl sites for hydroxylation is 1. The van der Waals surface area contributed by atoms with Gasteiger partial charge < -0.3 is 10.6 Å². The fraction of sp³-hybridized carbons (Fsp3) is 0.812. The smallest absolute Gasteiger partial charge is 0.0540 e. The van der Waals surface area contributed by atoms with E-state index in [0.29, 0.717) is 6.54 Å². The summed E-state index contributed by atoms with van der Waals surface area (Å²) in [6.45, 7) is 15.0. The molecular weight excluding hydrogens is 262 g/mol. The van der Waals surface area contributed by atoms with Gasteiger partial charge in [0.15, 0.2) is 0 Å². The van der Waals surface area contributed by atoms with Gasteiger partial charge in [-0.15, -0.1) is 0 Å². The van der Waals surface area contributed by atoms with Crippen molar-refractivity contribution in [2.45, 2.75) is 40.2 Å². The summed E-state index contributed by atoms with van der Waals surface area (Å²) < 4.78 is 1.93. The highest BCUT2D eigenvalue weighted by atomic mass is 15.3. The van der Waals surface area contributed by atoms with Crippen molar-refractivity contribution in [1.29, 1.82) is 0 Å². The van der Waals surface area contributed by atoms with Crippen LogP contribution in [0.5, 0.6) is 0 Å². The Morgan fingerprint density at radius 2 is 1.86 bits per heavy atom. The minimum absolute atomic E-state index is 0.278. The second kappa shape index (κ2) is 9.18. The zero-order valence-electron chi connectivity index (χ0n) is 14.5. The van der Waals surface area contributed by atoms with Crippen LogP contribution < -0.4 is 5.73 Å². The van der Waals surface area contributed by atoms with E-state index in [0.717, 1.165) is 32.7 Å². The lowest BCUT2D eigenvalue weighted by Crippen LogP contribution is -2.36. The van der Waals surface area contributed by atoms with Crippen molar-refractivity contribution in [2.24, 2.45) is 12.8 Å². The summed E-state index contributed by atoms with van der Waals surface area (Å²) in [5.41, 5.74) is 8.54. The van der Waals surface area contributed by atoms with E-state index in [2.05, 4.69) is 42.6 Å². The van der Waals surface area contributed by atoms with Crippen LogP contribution in [0.2, 0.25) is 0 Å². The van der Waals surface area contributed by atoms with Crippen molar-refractivity contribution >= 4 is 0 Å². The van der Waals surface area contributed by atoms with Gasteiger partial charge in [0.05, 0.1) is 12.2 Å². The minimum Gasteiger partial charge on any atom is -0.329 e. The van der Waals surface area contributed by atoms with E-state index in [1.807, 2.05) is 17.9 Å². The second-order valence-electron chi connectivity index (χ2n) is 5.57. The van der Waals surface area contributed by atoms with Crippen LogP contribution in [0, 0.1) is 6.92 Å². The third-order valence-electron chi connectivity index (χ3n) is 4.52. The molecule has 0 bridgehead atoms. The lowest BCUT2D eigenvalue weighted by atomic mass is 10.1. The summed E-state index contributed by atoms with van der Waals surface area (Å²) >= 11 is 0. The highest BCUT2D eigenvalue weighted by molar-refractivity contribution is 5.21. The van der Waals surface area contributed by atoms with Gasteiger partial charge in [-0.2, -0.15) is 5.10 Å². The average molecular weight is 295 g/mol. The van der Waals surface area contributed by atoms with Crippen LogP contribution in [0.1, 0.15) is 44.5 Å². The molecule has 0 aliphatic heterocycles. The van der Waals surface area contributed by atoms with Gasteiger partial charge in [-0.05, 0) is 39.5 Å². The molecule has 5 heteroatoms. The van der Waals surface area contributed by atoms with E-state index in [-0.39, 0.29) is 6.04 Å². The van der Waals surface area contributed by atoms with Crippen LogP contribution in [0.15, 0.2) is 6.20 Å². The van der Waals surface area contributed by atoms with E-state index < -0.39 is 0 Å². The molecule has 0 aliphatic rings. The Bertz CT molecular complexity index is 397. The third kappa shape index (κ3) is 4.80. The molecule has 5 nitrogen and oxygen atoms in total. The topological polar surface area (TPSA) is 50.3 Å². The molecule has 2 N–H and O–H groups in total.